The first-order chi connectivity index (χ1) is 14.2. The fourth-order valence-electron chi connectivity index (χ4n) is 4.35. The van der Waals surface area contributed by atoms with Crippen LogP contribution < -0.4 is 16.0 Å². The number of hydrogen-bond acceptors (Lipinski definition) is 2. The van der Waals surface area contributed by atoms with Gasteiger partial charge < -0.3 is 20.9 Å². The van der Waals surface area contributed by atoms with Crippen molar-refractivity contribution in [2.24, 2.45) is 5.92 Å². The van der Waals surface area contributed by atoms with Crippen LogP contribution in [-0.4, -0.2) is 49.2 Å². The van der Waals surface area contributed by atoms with Crippen molar-refractivity contribution in [3.05, 3.63) is 35.9 Å². The van der Waals surface area contributed by atoms with Crippen molar-refractivity contribution >= 4 is 12.1 Å². The van der Waals surface area contributed by atoms with E-state index in [4.69, 9.17) is 0 Å². The highest BCUT2D eigenvalue weighted by Crippen LogP contribution is 2.21. The molecule has 1 aromatic rings. The van der Waals surface area contributed by atoms with E-state index in [-0.39, 0.29) is 12.1 Å². The number of piperidine rings is 1. The number of carbonyl (C=O) groups excluding carboxylic acids is 2. The Morgan fingerprint density at radius 1 is 0.897 bits per heavy atom. The van der Waals surface area contributed by atoms with Crippen LogP contribution >= 0.6 is 0 Å². The summed E-state index contributed by atoms with van der Waals surface area (Å²) in [4.78, 5) is 26.3. The molecule has 0 aromatic heterocycles. The highest BCUT2D eigenvalue weighted by molar-refractivity contribution is 5.74. The van der Waals surface area contributed by atoms with Gasteiger partial charge in [0.15, 0.2) is 0 Å². The van der Waals surface area contributed by atoms with Crippen molar-refractivity contribution in [3.8, 4) is 0 Å². The lowest BCUT2D eigenvalue weighted by Crippen LogP contribution is -2.48. The molecular formula is C23H36N4O2. The molecule has 0 bridgehead atoms. The number of rotatable bonds is 7. The zero-order chi connectivity index (χ0) is 20.3. The Morgan fingerprint density at radius 3 is 2.31 bits per heavy atom. The van der Waals surface area contributed by atoms with E-state index < -0.39 is 0 Å². The summed E-state index contributed by atoms with van der Waals surface area (Å²) >= 11 is 0. The monoisotopic (exact) mass is 400 g/mol. The summed E-state index contributed by atoms with van der Waals surface area (Å²) in [5.74, 6) is 0.582. The molecule has 160 valence electrons. The second-order valence-electron chi connectivity index (χ2n) is 8.42. The van der Waals surface area contributed by atoms with E-state index in [1.165, 1.54) is 24.8 Å². The van der Waals surface area contributed by atoms with Crippen molar-refractivity contribution < 1.29 is 9.59 Å². The molecular weight excluding hydrogens is 364 g/mol. The SMILES string of the molecule is O=C(NCCc1ccccc1)NCCC1CCN(C(=O)NC2CCCCC2)CC1. The van der Waals surface area contributed by atoms with Crippen molar-refractivity contribution in [3.63, 3.8) is 0 Å². The Morgan fingerprint density at radius 2 is 1.59 bits per heavy atom. The average Bonchev–Trinajstić information content (AvgIpc) is 2.76. The topological polar surface area (TPSA) is 73.5 Å². The number of nitrogens with one attached hydrogen (secondary N) is 3. The normalized spacial score (nSPS) is 18.3. The van der Waals surface area contributed by atoms with Gasteiger partial charge >= 0.3 is 12.1 Å². The third-order valence-corrected chi connectivity index (χ3v) is 6.21. The minimum atomic E-state index is -0.0924. The van der Waals surface area contributed by atoms with Gasteiger partial charge in [-0.05, 0) is 50.0 Å². The number of urea groups is 2. The van der Waals surface area contributed by atoms with E-state index in [1.54, 1.807) is 0 Å². The van der Waals surface area contributed by atoms with Gasteiger partial charge in [0.1, 0.15) is 0 Å². The Labute approximate surface area is 174 Å². The molecule has 6 nitrogen and oxygen atoms in total. The summed E-state index contributed by atoms with van der Waals surface area (Å²) in [6, 6.07) is 10.6. The smallest absolute Gasteiger partial charge is 0.317 e. The maximum atomic E-state index is 12.4. The third kappa shape index (κ3) is 7.59. The van der Waals surface area contributed by atoms with Crippen LogP contribution in [0, 0.1) is 5.92 Å². The lowest BCUT2D eigenvalue weighted by Gasteiger charge is -2.34. The quantitative estimate of drug-likeness (QED) is 0.653. The molecule has 1 saturated carbocycles. The maximum Gasteiger partial charge on any atom is 0.317 e. The van der Waals surface area contributed by atoms with Crippen LogP contribution in [0.2, 0.25) is 0 Å². The van der Waals surface area contributed by atoms with Gasteiger partial charge in [-0.3, -0.25) is 0 Å². The molecule has 4 amide bonds. The first-order valence-electron chi connectivity index (χ1n) is 11.3. The van der Waals surface area contributed by atoms with Crippen LogP contribution in [0.5, 0.6) is 0 Å². The fourth-order valence-corrected chi connectivity index (χ4v) is 4.35. The van der Waals surface area contributed by atoms with Gasteiger partial charge in [-0.1, -0.05) is 49.6 Å². The van der Waals surface area contributed by atoms with Gasteiger partial charge in [-0.25, -0.2) is 9.59 Å². The number of hydrogen-bond donors (Lipinski definition) is 3. The van der Waals surface area contributed by atoms with Gasteiger partial charge in [-0.2, -0.15) is 0 Å². The zero-order valence-corrected chi connectivity index (χ0v) is 17.5. The first kappa shape index (κ1) is 21.5. The third-order valence-electron chi connectivity index (χ3n) is 6.21. The van der Waals surface area contributed by atoms with Gasteiger partial charge in [0.25, 0.3) is 0 Å². The molecule has 1 aliphatic heterocycles. The molecule has 6 heteroatoms. The van der Waals surface area contributed by atoms with E-state index in [2.05, 4.69) is 28.1 Å². The zero-order valence-electron chi connectivity index (χ0n) is 17.5. The molecule has 1 aliphatic carbocycles. The predicted octanol–water partition coefficient (Wildman–Crippen LogP) is 3.67. The Kier molecular flexibility index (Phi) is 8.65. The van der Waals surface area contributed by atoms with Crippen LogP contribution in [0.4, 0.5) is 9.59 Å². The van der Waals surface area contributed by atoms with Crippen molar-refractivity contribution in [2.45, 2.75) is 63.8 Å². The highest BCUT2D eigenvalue weighted by atomic mass is 16.2. The Bertz CT molecular complexity index is 623. The van der Waals surface area contributed by atoms with Crippen molar-refractivity contribution in [2.75, 3.05) is 26.2 Å². The molecule has 0 spiro atoms. The van der Waals surface area contributed by atoms with Gasteiger partial charge in [0.2, 0.25) is 0 Å². The summed E-state index contributed by atoms with van der Waals surface area (Å²) in [6.07, 6.45) is 9.89. The van der Waals surface area contributed by atoms with Crippen LogP contribution in [0.3, 0.4) is 0 Å². The Hall–Kier alpha value is -2.24. The number of amides is 4. The summed E-state index contributed by atoms with van der Waals surface area (Å²) < 4.78 is 0. The van der Waals surface area contributed by atoms with Crippen LogP contribution in [0.25, 0.3) is 0 Å². The number of benzene rings is 1. The molecule has 3 rings (SSSR count). The van der Waals surface area contributed by atoms with E-state index >= 15 is 0 Å². The lowest BCUT2D eigenvalue weighted by atomic mass is 9.93. The minimum Gasteiger partial charge on any atom is -0.338 e. The molecule has 1 heterocycles. The molecule has 2 aliphatic rings. The standard InChI is InChI=1S/C23H36N4O2/c28-22(24-15-11-19-7-3-1-4-8-19)25-16-12-20-13-17-27(18-14-20)23(29)26-21-9-5-2-6-10-21/h1,3-4,7-8,20-21H,2,5-6,9-18H2,(H,26,29)(H2,24,25,28). The van der Waals surface area contributed by atoms with Crippen molar-refractivity contribution in [1.29, 1.82) is 0 Å². The summed E-state index contributed by atoms with van der Waals surface area (Å²) in [5.41, 5.74) is 1.23. The predicted molar refractivity (Wildman–Crippen MR) is 116 cm³/mol. The van der Waals surface area contributed by atoms with Gasteiger partial charge in [-0.15, -0.1) is 0 Å². The summed E-state index contributed by atoms with van der Waals surface area (Å²) in [6.45, 7) is 2.99. The molecule has 3 N–H and O–H groups in total. The molecule has 2 fully saturated rings. The number of nitrogens with zero attached hydrogens (tertiary/aromatic N) is 1. The molecule has 0 radical (unpaired) electrons. The van der Waals surface area contributed by atoms with Gasteiger partial charge in [0.05, 0.1) is 0 Å². The van der Waals surface area contributed by atoms with E-state index in [1.807, 2.05) is 23.1 Å². The van der Waals surface area contributed by atoms with E-state index in [0.717, 1.165) is 51.6 Å². The van der Waals surface area contributed by atoms with E-state index in [9.17, 15) is 9.59 Å². The fraction of sp³-hybridized carbons (Fsp3) is 0.652. The average molecular weight is 401 g/mol. The van der Waals surface area contributed by atoms with Gasteiger partial charge in [0, 0.05) is 32.2 Å². The van der Waals surface area contributed by atoms with E-state index in [0.29, 0.717) is 25.0 Å². The molecule has 29 heavy (non-hydrogen) atoms. The number of carbonyl (C=O) groups is 2. The first-order valence-corrected chi connectivity index (χ1v) is 11.3. The summed E-state index contributed by atoms with van der Waals surface area (Å²) in [7, 11) is 0. The minimum absolute atomic E-state index is 0.0924. The Balaban J connectivity index is 1.23. The maximum absolute atomic E-state index is 12.4. The molecule has 0 unspecified atom stereocenters. The highest BCUT2D eigenvalue weighted by Gasteiger charge is 2.24. The summed E-state index contributed by atoms with van der Waals surface area (Å²) in [5, 5.41) is 9.09. The second-order valence-corrected chi connectivity index (χ2v) is 8.42. The number of likely N-dealkylation sites (tertiary alicyclic amines) is 1. The van der Waals surface area contributed by atoms with Crippen molar-refractivity contribution in [1.82, 2.24) is 20.9 Å². The molecule has 1 saturated heterocycles. The second kappa shape index (κ2) is 11.7. The largest absolute Gasteiger partial charge is 0.338 e. The molecule has 0 atom stereocenters. The lowest BCUT2D eigenvalue weighted by molar-refractivity contribution is 0.162. The van der Waals surface area contributed by atoms with Crippen LogP contribution in [-0.2, 0) is 6.42 Å². The molecule has 1 aromatic carbocycles. The van der Waals surface area contributed by atoms with Crippen LogP contribution in [0.1, 0.15) is 56.9 Å². The van der Waals surface area contributed by atoms with Crippen LogP contribution in [0.15, 0.2) is 30.3 Å².